The number of aromatic nitrogens is 1. The van der Waals surface area contributed by atoms with Crippen LogP contribution >= 0.6 is 22.9 Å². The molecule has 1 N–H and O–H groups in total. The molecule has 0 spiro atoms. The van der Waals surface area contributed by atoms with E-state index in [4.69, 9.17) is 11.6 Å². The number of anilines is 1. The number of hydrogen-bond donors (Lipinski definition) is 1. The minimum Gasteiger partial charge on any atom is -0.360 e. The summed E-state index contributed by atoms with van der Waals surface area (Å²) in [7, 11) is 0. The van der Waals surface area contributed by atoms with E-state index in [0.717, 1.165) is 22.5 Å². The van der Waals surface area contributed by atoms with Crippen molar-refractivity contribution in [2.24, 2.45) is 0 Å². The lowest BCUT2D eigenvalue weighted by Crippen LogP contribution is -1.91. The van der Waals surface area contributed by atoms with Crippen LogP contribution in [0.1, 0.15) is 16.1 Å². The zero-order chi connectivity index (χ0) is 17.8. The molecule has 124 valence electrons. The number of thiazole rings is 1. The Balaban J connectivity index is 1.82. The summed E-state index contributed by atoms with van der Waals surface area (Å²) in [5.74, 6) is 0. The second-order valence-electron chi connectivity index (χ2n) is 5.68. The smallest absolute Gasteiger partial charge is 0.136 e. The van der Waals surface area contributed by atoms with Crippen molar-refractivity contribution in [1.29, 1.82) is 5.26 Å². The molecule has 2 aromatic carbocycles. The molecule has 3 aromatic rings. The van der Waals surface area contributed by atoms with Crippen molar-refractivity contribution in [2.45, 2.75) is 13.8 Å². The number of halogens is 1. The Kier molecular flexibility index (Phi) is 5.18. The molecule has 1 aromatic heterocycles. The highest BCUT2D eigenvalue weighted by Crippen LogP contribution is 2.27. The number of nitrogens with zero attached hydrogens (tertiary/aromatic N) is 2. The maximum absolute atomic E-state index is 9.45. The van der Waals surface area contributed by atoms with Gasteiger partial charge in [0.15, 0.2) is 0 Å². The number of benzene rings is 2. The standard InChI is InChI=1S/C20H16ClN3S/c1-13-3-6-15(7-4-13)19-12-25-20(24-19)16(10-22)11-23-17-8-5-14(2)18(21)9-17/h3-9,11-12,23H,1-2H3. The van der Waals surface area contributed by atoms with Crippen LogP contribution in [-0.2, 0) is 0 Å². The molecule has 25 heavy (non-hydrogen) atoms. The molecule has 5 heteroatoms. The van der Waals surface area contributed by atoms with Crippen LogP contribution in [0.3, 0.4) is 0 Å². The van der Waals surface area contributed by atoms with Crippen LogP contribution in [0.5, 0.6) is 0 Å². The van der Waals surface area contributed by atoms with Crippen LogP contribution in [0.25, 0.3) is 16.8 Å². The van der Waals surface area contributed by atoms with E-state index < -0.39 is 0 Å². The van der Waals surface area contributed by atoms with Crippen molar-refractivity contribution in [3.05, 3.63) is 75.2 Å². The molecule has 3 rings (SSSR count). The Morgan fingerprint density at radius 2 is 1.96 bits per heavy atom. The van der Waals surface area contributed by atoms with Gasteiger partial charge >= 0.3 is 0 Å². The van der Waals surface area contributed by atoms with Crippen molar-refractivity contribution in [2.75, 3.05) is 5.32 Å². The van der Waals surface area contributed by atoms with E-state index in [1.807, 2.05) is 42.6 Å². The second kappa shape index (κ2) is 7.52. The predicted octanol–water partition coefficient (Wildman–Crippen LogP) is 6.06. The maximum Gasteiger partial charge on any atom is 0.136 e. The molecule has 0 bridgehead atoms. The Hall–Kier alpha value is -2.61. The van der Waals surface area contributed by atoms with Crippen LogP contribution < -0.4 is 5.32 Å². The van der Waals surface area contributed by atoms with Gasteiger partial charge in [-0.1, -0.05) is 47.5 Å². The summed E-state index contributed by atoms with van der Waals surface area (Å²) in [6, 6.07) is 16.1. The van der Waals surface area contributed by atoms with Crippen molar-refractivity contribution in [3.63, 3.8) is 0 Å². The van der Waals surface area contributed by atoms with Crippen LogP contribution in [0.15, 0.2) is 54.0 Å². The Bertz CT molecular complexity index is 965. The van der Waals surface area contributed by atoms with Gasteiger partial charge in [0.05, 0.1) is 5.69 Å². The Labute approximate surface area is 156 Å². The van der Waals surface area contributed by atoms with E-state index in [0.29, 0.717) is 15.6 Å². The molecule has 0 saturated carbocycles. The second-order valence-corrected chi connectivity index (χ2v) is 6.95. The lowest BCUT2D eigenvalue weighted by molar-refractivity contribution is 1.35. The highest BCUT2D eigenvalue weighted by Gasteiger charge is 2.09. The van der Waals surface area contributed by atoms with Crippen LogP contribution in [-0.4, -0.2) is 4.98 Å². The molecule has 0 fully saturated rings. The minimum absolute atomic E-state index is 0.486. The average molecular weight is 366 g/mol. The first-order chi connectivity index (χ1) is 12.1. The molecular weight excluding hydrogens is 350 g/mol. The van der Waals surface area contributed by atoms with Gasteiger partial charge in [-0.25, -0.2) is 4.98 Å². The number of aryl methyl sites for hydroxylation is 2. The molecule has 0 atom stereocenters. The highest BCUT2D eigenvalue weighted by molar-refractivity contribution is 7.11. The number of rotatable bonds is 4. The lowest BCUT2D eigenvalue weighted by atomic mass is 10.1. The number of hydrogen-bond acceptors (Lipinski definition) is 4. The number of nitriles is 1. The first kappa shape index (κ1) is 17.2. The van der Waals surface area contributed by atoms with Gasteiger partial charge < -0.3 is 5.32 Å². The van der Waals surface area contributed by atoms with Gasteiger partial charge in [0.1, 0.15) is 16.6 Å². The molecule has 0 aliphatic carbocycles. The fraction of sp³-hybridized carbons (Fsp3) is 0.100. The van der Waals surface area contributed by atoms with E-state index in [2.05, 4.69) is 35.4 Å². The average Bonchev–Trinajstić information content (AvgIpc) is 3.09. The number of allylic oxidation sites excluding steroid dienone is 1. The van der Waals surface area contributed by atoms with Crippen LogP contribution in [0.4, 0.5) is 5.69 Å². The predicted molar refractivity (Wildman–Crippen MR) is 106 cm³/mol. The van der Waals surface area contributed by atoms with Gasteiger partial charge in [0.2, 0.25) is 0 Å². The first-order valence-electron chi connectivity index (χ1n) is 7.73. The van der Waals surface area contributed by atoms with Gasteiger partial charge in [-0.05, 0) is 31.5 Å². The van der Waals surface area contributed by atoms with Crippen molar-refractivity contribution in [1.82, 2.24) is 4.98 Å². The van der Waals surface area contributed by atoms with Crippen molar-refractivity contribution >= 4 is 34.2 Å². The van der Waals surface area contributed by atoms with Gasteiger partial charge in [0, 0.05) is 27.9 Å². The summed E-state index contributed by atoms with van der Waals surface area (Å²) in [5.41, 5.74) is 5.46. The monoisotopic (exact) mass is 365 g/mol. The molecule has 1 heterocycles. The minimum atomic E-state index is 0.486. The summed E-state index contributed by atoms with van der Waals surface area (Å²) in [6.07, 6.45) is 1.67. The van der Waals surface area contributed by atoms with E-state index >= 15 is 0 Å². The van der Waals surface area contributed by atoms with Crippen LogP contribution in [0.2, 0.25) is 5.02 Å². The van der Waals surface area contributed by atoms with Gasteiger partial charge in [0.25, 0.3) is 0 Å². The molecule has 0 radical (unpaired) electrons. The normalized spacial score (nSPS) is 11.2. The van der Waals surface area contributed by atoms with Gasteiger partial charge in [-0.15, -0.1) is 11.3 Å². The number of nitrogens with one attached hydrogen (secondary N) is 1. The summed E-state index contributed by atoms with van der Waals surface area (Å²) in [6.45, 7) is 4.00. The maximum atomic E-state index is 9.45. The quantitative estimate of drug-likeness (QED) is 0.572. The molecular formula is C20H16ClN3S. The summed E-state index contributed by atoms with van der Waals surface area (Å²) in [4.78, 5) is 4.59. The van der Waals surface area contributed by atoms with Crippen molar-refractivity contribution < 1.29 is 0 Å². The lowest BCUT2D eigenvalue weighted by Gasteiger charge is -2.04. The topological polar surface area (TPSA) is 48.7 Å². The third-order valence-electron chi connectivity index (χ3n) is 3.76. The Morgan fingerprint density at radius 1 is 1.20 bits per heavy atom. The highest BCUT2D eigenvalue weighted by atomic mass is 35.5. The van der Waals surface area contributed by atoms with Crippen molar-refractivity contribution in [3.8, 4) is 17.3 Å². The summed E-state index contributed by atoms with van der Waals surface area (Å²) in [5, 5.41) is 15.9. The van der Waals surface area contributed by atoms with E-state index in [9.17, 15) is 5.26 Å². The van der Waals surface area contributed by atoms with E-state index in [-0.39, 0.29) is 0 Å². The SMILES string of the molecule is Cc1ccc(-c2csc(C(C#N)=CNc3ccc(C)c(Cl)c3)n2)cc1. The molecule has 0 saturated heterocycles. The third kappa shape index (κ3) is 4.08. The Morgan fingerprint density at radius 3 is 2.64 bits per heavy atom. The summed E-state index contributed by atoms with van der Waals surface area (Å²) >= 11 is 7.58. The first-order valence-corrected chi connectivity index (χ1v) is 8.98. The molecule has 3 nitrogen and oxygen atoms in total. The fourth-order valence-electron chi connectivity index (χ4n) is 2.23. The largest absolute Gasteiger partial charge is 0.360 e. The van der Waals surface area contributed by atoms with E-state index in [1.54, 1.807) is 6.20 Å². The molecule has 0 unspecified atom stereocenters. The molecule has 0 amide bonds. The zero-order valence-corrected chi connectivity index (χ0v) is 15.4. The fourth-order valence-corrected chi connectivity index (χ4v) is 3.21. The van der Waals surface area contributed by atoms with Gasteiger partial charge in [-0.3, -0.25) is 0 Å². The molecule has 0 aliphatic rings. The van der Waals surface area contributed by atoms with E-state index in [1.165, 1.54) is 16.9 Å². The van der Waals surface area contributed by atoms with Gasteiger partial charge in [-0.2, -0.15) is 5.26 Å². The molecule has 0 aliphatic heterocycles. The third-order valence-corrected chi connectivity index (χ3v) is 5.04. The zero-order valence-electron chi connectivity index (χ0n) is 13.9. The van der Waals surface area contributed by atoms with Crippen LogP contribution in [0, 0.1) is 25.2 Å². The summed E-state index contributed by atoms with van der Waals surface area (Å²) < 4.78 is 0.